The maximum Gasteiger partial charge on any atom is 0.255 e. The van der Waals surface area contributed by atoms with Gasteiger partial charge in [-0.3, -0.25) is 24.1 Å². The Kier molecular flexibility index (Phi) is 6.27. The molecule has 1 saturated carbocycles. The molecule has 1 aliphatic carbocycles. The number of carbonyl (C=O) groups is 4. The normalized spacial score (nSPS) is 23.9. The van der Waals surface area contributed by atoms with Gasteiger partial charge in [0, 0.05) is 39.1 Å². The SMILES string of the molecule is O=C(CCN1C(=O)C2CCCCC2C1=O)N1CCN(C(=O)c2ccc(F)cc2Cl)CC1. The van der Waals surface area contributed by atoms with E-state index in [1.54, 1.807) is 9.80 Å². The van der Waals surface area contributed by atoms with Crippen molar-refractivity contribution < 1.29 is 23.6 Å². The lowest BCUT2D eigenvalue weighted by atomic mass is 9.81. The molecule has 4 amide bonds. The van der Waals surface area contributed by atoms with Gasteiger partial charge in [-0.25, -0.2) is 4.39 Å². The third kappa shape index (κ3) is 4.31. The fraction of sp³-hybridized carbons (Fsp3) is 0.545. The maximum atomic E-state index is 13.2. The van der Waals surface area contributed by atoms with Crippen LogP contribution in [-0.4, -0.2) is 71.1 Å². The van der Waals surface area contributed by atoms with Crippen LogP contribution in [0.15, 0.2) is 18.2 Å². The summed E-state index contributed by atoms with van der Waals surface area (Å²) in [4.78, 5) is 54.9. The Bertz CT molecular complexity index is 892. The molecular formula is C22H25ClFN3O4. The van der Waals surface area contributed by atoms with E-state index in [4.69, 9.17) is 11.6 Å². The van der Waals surface area contributed by atoms with E-state index in [1.165, 1.54) is 17.0 Å². The molecular weight excluding hydrogens is 425 g/mol. The first-order chi connectivity index (χ1) is 14.9. The molecule has 166 valence electrons. The summed E-state index contributed by atoms with van der Waals surface area (Å²) in [7, 11) is 0. The number of imide groups is 1. The zero-order valence-electron chi connectivity index (χ0n) is 17.2. The fourth-order valence-electron chi connectivity index (χ4n) is 4.81. The van der Waals surface area contributed by atoms with E-state index in [2.05, 4.69) is 0 Å². The Morgan fingerprint density at radius 1 is 0.968 bits per heavy atom. The van der Waals surface area contributed by atoms with Crippen LogP contribution in [0.1, 0.15) is 42.5 Å². The highest BCUT2D eigenvalue weighted by Crippen LogP contribution is 2.38. The lowest BCUT2D eigenvalue weighted by Crippen LogP contribution is -2.51. The highest BCUT2D eigenvalue weighted by molar-refractivity contribution is 6.33. The van der Waals surface area contributed by atoms with Gasteiger partial charge in [0.2, 0.25) is 17.7 Å². The first-order valence-corrected chi connectivity index (χ1v) is 11.1. The minimum absolute atomic E-state index is 0.0593. The summed E-state index contributed by atoms with van der Waals surface area (Å²) in [6.07, 6.45) is 3.55. The summed E-state index contributed by atoms with van der Waals surface area (Å²) in [5, 5.41) is 0.0593. The second kappa shape index (κ2) is 8.94. The number of likely N-dealkylation sites (tertiary alicyclic amines) is 1. The van der Waals surface area contributed by atoms with Crippen LogP contribution in [0.5, 0.6) is 0 Å². The van der Waals surface area contributed by atoms with Crippen molar-refractivity contribution in [3.05, 3.63) is 34.6 Å². The molecule has 0 N–H and O–H groups in total. The summed E-state index contributed by atoms with van der Waals surface area (Å²) < 4.78 is 13.2. The smallest absolute Gasteiger partial charge is 0.255 e. The van der Waals surface area contributed by atoms with Crippen molar-refractivity contribution in [2.75, 3.05) is 32.7 Å². The molecule has 0 bridgehead atoms. The fourth-order valence-corrected chi connectivity index (χ4v) is 5.06. The predicted molar refractivity (Wildman–Crippen MR) is 111 cm³/mol. The second-order valence-electron chi connectivity index (χ2n) is 8.37. The Labute approximate surface area is 185 Å². The maximum absolute atomic E-state index is 13.2. The van der Waals surface area contributed by atoms with Gasteiger partial charge in [-0.05, 0) is 31.0 Å². The van der Waals surface area contributed by atoms with Gasteiger partial charge in [0.05, 0.1) is 22.4 Å². The summed E-state index contributed by atoms with van der Waals surface area (Å²) in [6.45, 7) is 1.51. The molecule has 2 unspecified atom stereocenters. The molecule has 1 aromatic rings. The largest absolute Gasteiger partial charge is 0.339 e. The third-order valence-electron chi connectivity index (χ3n) is 6.56. The number of piperazine rings is 1. The molecule has 0 spiro atoms. The molecule has 2 aliphatic heterocycles. The Morgan fingerprint density at radius 2 is 1.55 bits per heavy atom. The Balaban J connectivity index is 1.28. The number of fused-ring (bicyclic) bond motifs is 1. The van der Waals surface area contributed by atoms with Gasteiger partial charge in [-0.15, -0.1) is 0 Å². The molecule has 9 heteroatoms. The molecule has 4 rings (SSSR count). The van der Waals surface area contributed by atoms with Gasteiger partial charge >= 0.3 is 0 Å². The standard InChI is InChI=1S/C22H25ClFN3O4/c23-18-13-14(24)5-6-17(18)20(29)26-11-9-25(10-12-26)19(28)7-8-27-21(30)15-3-1-2-4-16(15)22(27)31/h5-6,13,15-16H,1-4,7-12H2. The van der Waals surface area contributed by atoms with E-state index in [9.17, 15) is 23.6 Å². The monoisotopic (exact) mass is 449 g/mol. The van der Waals surface area contributed by atoms with Crippen LogP contribution in [-0.2, 0) is 14.4 Å². The summed E-state index contributed by atoms with van der Waals surface area (Å²) in [5.41, 5.74) is 0.232. The van der Waals surface area contributed by atoms with Gasteiger partial charge in [-0.1, -0.05) is 24.4 Å². The molecule has 0 aromatic heterocycles. The van der Waals surface area contributed by atoms with E-state index in [0.717, 1.165) is 31.7 Å². The lowest BCUT2D eigenvalue weighted by Gasteiger charge is -2.35. The van der Waals surface area contributed by atoms with E-state index in [-0.39, 0.29) is 59.0 Å². The number of hydrogen-bond donors (Lipinski definition) is 0. The molecule has 3 aliphatic rings. The summed E-state index contributed by atoms with van der Waals surface area (Å²) in [5.74, 6) is -1.61. The van der Waals surface area contributed by atoms with Crippen LogP contribution >= 0.6 is 11.6 Å². The van der Waals surface area contributed by atoms with Crippen molar-refractivity contribution in [2.45, 2.75) is 32.1 Å². The minimum Gasteiger partial charge on any atom is -0.339 e. The van der Waals surface area contributed by atoms with Crippen LogP contribution in [0.2, 0.25) is 5.02 Å². The minimum atomic E-state index is -0.508. The molecule has 0 radical (unpaired) electrons. The number of benzene rings is 1. The Morgan fingerprint density at radius 3 is 2.13 bits per heavy atom. The van der Waals surface area contributed by atoms with Crippen molar-refractivity contribution in [3.63, 3.8) is 0 Å². The molecule has 31 heavy (non-hydrogen) atoms. The third-order valence-corrected chi connectivity index (χ3v) is 6.88. The highest BCUT2D eigenvalue weighted by Gasteiger charge is 2.47. The number of nitrogens with zero attached hydrogens (tertiary/aromatic N) is 3. The van der Waals surface area contributed by atoms with Crippen molar-refractivity contribution in [1.29, 1.82) is 0 Å². The lowest BCUT2D eigenvalue weighted by molar-refractivity contribution is -0.141. The van der Waals surface area contributed by atoms with E-state index in [0.29, 0.717) is 26.2 Å². The molecule has 2 atom stereocenters. The van der Waals surface area contributed by atoms with Gasteiger partial charge in [0.1, 0.15) is 5.82 Å². The average molecular weight is 450 g/mol. The van der Waals surface area contributed by atoms with E-state index in [1.807, 2.05) is 0 Å². The zero-order valence-corrected chi connectivity index (χ0v) is 17.9. The average Bonchev–Trinajstić information content (AvgIpc) is 3.02. The number of halogens is 2. The van der Waals surface area contributed by atoms with Gasteiger partial charge in [-0.2, -0.15) is 0 Å². The van der Waals surface area contributed by atoms with Crippen LogP contribution in [0.25, 0.3) is 0 Å². The van der Waals surface area contributed by atoms with Crippen molar-refractivity contribution in [3.8, 4) is 0 Å². The number of amides is 4. The van der Waals surface area contributed by atoms with Gasteiger partial charge in [0.15, 0.2) is 0 Å². The molecule has 1 aromatic carbocycles. The molecule has 7 nitrogen and oxygen atoms in total. The number of rotatable bonds is 4. The molecule has 2 saturated heterocycles. The van der Waals surface area contributed by atoms with E-state index >= 15 is 0 Å². The van der Waals surface area contributed by atoms with Crippen LogP contribution < -0.4 is 0 Å². The zero-order chi connectivity index (χ0) is 22.1. The quantitative estimate of drug-likeness (QED) is 0.661. The number of hydrogen-bond acceptors (Lipinski definition) is 4. The molecule has 2 heterocycles. The van der Waals surface area contributed by atoms with Crippen LogP contribution in [0.3, 0.4) is 0 Å². The van der Waals surface area contributed by atoms with Crippen molar-refractivity contribution in [2.24, 2.45) is 11.8 Å². The van der Waals surface area contributed by atoms with E-state index < -0.39 is 5.82 Å². The topological polar surface area (TPSA) is 78.0 Å². The van der Waals surface area contributed by atoms with Crippen LogP contribution in [0.4, 0.5) is 4.39 Å². The predicted octanol–water partition coefficient (Wildman–Crippen LogP) is 2.33. The van der Waals surface area contributed by atoms with Crippen molar-refractivity contribution >= 4 is 35.2 Å². The highest BCUT2D eigenvalue weighted by atomic mass is 35.5. The van der Waals surface area contributed by atoms with Crippen LogP contribution in [0, 0.1) is 17.7 Å². The van der Waals surface area contributed by atoms with Gasteiger partial charge < -0.3 is 9.80 Å². The molecule has 3 fully saturated rings. The first kappa shape index (κ1) is 21.7. The van der Waals surface area contributed by atoms with Gasteiger partial charge in [0.25, 0.3) is 5.91 Å². The Hall–Kier alpha value is -2.48. The van der Waals surface area contributed by atoms with Crippen molar-refractivity contribution in [1.82, 2.24) is 14.7 Å². The summed E-state index contributed by atoms with van der Waals surface area (Å²) >= 11 is 5.98. The summed E-state index contributed by atoms with van der Waals surface area (Å²) in [6, 6.07) is 3.65. The number of carbonyl (C=O) groups excluding carboxylic acids is 4. The first-order valence-electron chi connectivity index (χ1n) is 10.7. The second-order valence-corrected chi connectivity index (χ2v) is 8.78.